The van der Waals surface area contributed by atoms with E-state index in [0.29, 0.717) is 12.3 Å². The van der Waals surface area contributed by atoms with Crippen LogP contribution in [0, 0.1) is 50.2 Å². The predicted molar refractivity (Wildman–Crippen MR) is 154 cm³/mol. The van der Waals surface area contributed by atoms with Crippen molar-refractivity contribution in [3.63, 3.8) is 0 Å². The van der Waals surface area contributed by atoms with Crippen LogP contribution in [0.5, 0.6) is 0 Å². The van der Waals surface area contributed by atoms with Gasteiger partial charge in [-0.25, -0.2) is 5.06 Å². The minimum Gasteiger partial charge on any atom is -0.393 e. The van der Waals surface area contributed by atoms with Crippen LogP contribution in [0.1, 0.15) is 127 Å². The number of hydrogen-bond acceptors (Lipinski definition) is 4. The van der Waals surface area contributed by atoms with Crippen LogP contribution in [0.2, 0.25) is 0 Å². The summed E-state index contributed by atoms with van der Waals surface area (Å²) < 4.78 is 0. The summed E-state index contributed by atoms with van der Waals surface area (Å²) in [4.78, 5) is 28.1. The second-order valence-electron chi connectivity index (χ2n) is 17.4. The third-order valence-electron chi connectivity index (χ3n) is 13.9. The Bertz CT molecular complexity index is 1100. The van der Waals surface area contributed by atoms with Crippen LogP contribution in [0.15, 0.2) is 11.6 Å². The zero-order valence-electron chi connectivity index (χ0n) is 26.4. The Morgan fingerprint density at radius 3 is 2.15 bits per heavy atom. The van der Waals surface area contributed by atoms with Crippen LogP contribution in [0.4, 0.5) is 0 Å². The molecule has 0 spiro atoms. The molecule has 0 aromatic carbocycles. The number of aliphatic hydroxyl groups is 1. The van der Waals surface area contributed by atoms with Crippen molar-refractivity contribution in [2.24, 2.45) is 50.2 Å². The van der Waals surface area contributed by atoms with Gasteiger partial charge in [-0.05, 0) is 124 Å². The van der Waals surface area contributed by atoms with Gasteiger partial charge in [0.15, 0.2) is 5.78 Å². The van der Waals surface area contributed by atoms with E-state index in [1.54, 1.807) is 0 Å². The third kappa shape index (κ3) is 3.76. The average Bonchev–Trinajstić information content (AvgIpc) is 2.82. The Hall–Kier alpha value is -1.20. The SMILES string of the molecule is CC1(C)C2CC[C@]3(C)C(C(=O)C=C4[C@@H]5C[C@@](C)(C(=O)N(O)C(C)(C)C)CC[C@]5(C)CC[C@]43C)[C@@]2(C)CC[C@@H]1O. The van der Waals surface area contributed by atoms with Crippen LogP contribution in [-0.4, -0.2) is 38.7 Å². The average molecular weight is 542 g/mol. The monoisotopic (exact) mass is 541 g/mol. The lowest BCUT2D eigenvalue weighted by molar-refractivity contribution is -0.207. The van der Waals surface area contributed by atoms with Crippen molar-refractivity contribution in [2.45, 2.75) is 139 Å². The molecule has 5 nitrogen and oxygen atoms in total. The predicted octanol–water partition coefficient (Wildman–Crippen LogP) is 7.34. The maximum Gasteiger partial charge on any atom is 0.252 e. The third-order valence-corrected chi connectivity index (χ3v) is 13.9. The van der Waals surface area contributed by atoms with Gasteiger partial charge in [0.25, 0.3) is 5.91 Å². The van der Waals surface area contributed by atoms with E-state index in [2.05, 4.69) is 47.6 Å². The normalized spacial score (nSPS) is 49.1. The first-order chi connectivity index (χ1) is 17.7. The minimum absolute atomic E-state index is 0.0425. The van der Waals surface area contributed by atoms with E-state index >= 15 is 0 Å². The molecule has 0 heterocycles. The summed E-state index contributed by atoms with van der Waals surface area (Å²) in [6.45, 7) is 21.6. The zero-order chi connectivity index (χ0) is 29.2. The van der Waals surface area contributed by atoms with Gasteiger partial charge >= 0.3 is 0 Å². The van der Waals surface area contributed by atoms with Crippen LogP contribution >= 0.6 is 0 Å². The summed E-state index contributed by atoms with van der Waals surface area (Å²) in [5.74, 6) is 0.535. The highest BCUT2D eigenvalue weighted by molar-refractivity contribution is 5.95. The molecule has 4 saturated carbocycles. The fourth-order valence-electron chi connectivity index (χ4n) is 10.9. The topological polar surface area (TPSA) is 77.8 Å². The first-order valence-corrected chi connectivity index (χ1v) is 15.7. The van der Waals surface area contributed by atoms with Crippen molar-refractivity contribution < 1.29 is 19.9 Å². The molecule has 0 aliphatic heterocycles. The highest BCUT2D eigenvalue weighted by Crippen LogP contribution is 2.75. The summed E-state index contributed by atoms with van der Waals surface area (Å²) in [6.07, 6.45) is 10.0. The summed E-state index contributed by atoms with van der Waals surface area (Å²) in [5, 5.41) is 22.8. The van der Waals surface area contributed by atoms with E-state index in [0.717, 1.165) is 56.4 Å². The Morgan fingerprint density at radius 1 is 0.923 bits per heavy atom. The number of nitrogens with zero attached hydrogens (tertiary/aromatic N) is 1. The second-order valence-corrected chi connectivity index (χ2v) is 17.4. The molecular formula is C34H55NO4. The lowest BCUT2D eigenvalue weighted by Crippen LogP contribution is -2.66. The van der Waals surface area contributed by atoms with Gasteiger partial charge in [-0.15, -0.1) is 0 Å². The van der Waals surface area contributed by atoms with Crippen LogP contribution in [0.3, 0.4) is 0 Å². The molecule has 0 aromatic heterocycles. The molecule has 5 aliphatic carbocycles. The number of hydroxylamine groups is 2. The van der Waals surface area contributed by atoms with Crippen molar-refractivity contribution in [1.82, 2.24) is 5.06 Å². The molecule has 0 radical (unpaired) electrons. The fraction of sp³-hybridized carbons (Fsp3) is 0.882. The quantitative estimate of drug-likeness (QED) is 0.269. The van der Waals surface area contributed by atoms with Crippen LogP contribution in [0.25, 0.3) is 0 Å². The van der Waals surface area contributed by atoms with Crippen LogP contribution in [-0.2, 0) is 9.59 Å². The van der Waals surface area contributed by atoms with Gasteiger partial charge in [0, 0.05) is 11.3 Å². The maximum atomic E-state index is 14.4. The molecule has 0 aromatic rings. The molecule has 5 rings (SSSR count). The molecule has 220 valence electrons. The molecule has 1 amide bonds. The van der Waals surface area contributed by atoms with Gasteiger partial charge in [-0.1, -0.05) is 54.0 Å². The van der Waals surface area contributed by atoms with Gasteiger partial charge < -0.3 is 5.11 Å². The zero-order valence-corrected chi connectivity index (χ0v) is 26.4. The van der Waals surface area contributed by atoms with E-state index in [1.165, 1.54) is 5.57 Å². The van der Waals surface area contributed by atoms with Crippen molar-refractivity contribution >= 4 is 11.7 Å². The number of carbonyl (C=O) groups excluding carboxylic acids is 2. The highest BCUT2D eigenvalue weighted by atomic mass is 16.5. The maximum absolute atomic E-state index is 14.4. The molecule has 5 aliphatic rings. The van der Waals surface area contributed by atoms with Gasteiger partial charge in [-0.3, -0.25) is 14.8 Å². The molecule has 2 N–H and O–H groups in total. The summed E-state index contributed by atoms with van der Waals surface area (Å²) in [6, 6.07) is 0. The van der Waals surface area contributed by atoms with Gasteiger partial charge in [-0.2, -0.15) is 0 Å². The van der Waals surface area contributed by atoms with E-state index in [4.69, 9.17) is 0 Å². The van der Waals surface area contributed by atoms with Crippen molar-refractivity contribution in [2.75, 3.05) is 0 Å². The number of rotatable bonds is 1. The Labute approximate surface area is 237 Å². The first kappa shape index (κ1) is 29.3. The molecule has 39 heavy (non-hydrogen) atoms. The molecule has 0 saturated heterocycles. The molecule has 4 fully saturated rings. The van der Waals surface area contributed by atoms with Crippen LogP contribution < -0.4 is 0 Å². The molecular weight excluding hydrogens is 486 g/mol. The number of carbonyl (C=O) groups is 2. The summed E-state index contributed by atoms with van der Waals surface area (Å²) in [5.41, 5.74) is -0.527. The van der Waals surface area contributed by atoms with E-state index in [9.17, 15) is 19.9 Å². The molecule has 5 heteroatoms. The number of aliphatic hydroxyl groups excluding tert-OH is 1. The number of ketones is 1. The van der Waals surface area contributed by atoms with Gasteiger partial charge in [0.2, 0.25) is 0 Å². The Balaban J connectivity index is 1.57. The lowest BCUT2D eigenvalue weighted by Gasteiger charge is -2.70. The Kier molecular flexibility index (Phi) is 6.33. The number of hydrogen-bond donors (Lipinski definition) is 2. The molecule has 9 atom stereocenters. The largest absolute Gasteiger partial charge is 0.393 e. The lowest BCUT2D eigenvalue weighted by atomic mass is 9.33. The van der Waals surface area contributed by atoms with E-state index in [1.807, 2.05) is 27.7 Å². The number of amides is 1. The number of fused-ring (bicyclic) bond motifs is 7. The van der Waals surface area contributed by atoms with Crippen molar-refractivity contribution in [3.8, 4) is 0 Å². The molecule has 2 unspecified atom stereocenters. The summed E-state index contributed by atoms with van der Waals surface area (Å²) in [7, 11) is 0. The van der Waals surface area contributed by atoms with E-state index < -0.39 is 11.0 Å². The summed E-state index contributed by atoms with van der Waals surface area (Å²) >= 11 is 0. The Morgan fingerprint density at radius 2 is 1.54 bits per heavy atom. The highest BCUT2D eigenvalue weighted by Gasteiger charge is 2.70. The van der Waals surface area contributed by atoms with Crippen molar-refractivity contribution in [3.05, 3.63) is 11.6 Å². The standard InChI is InChI=1S/C34H55NO4/c1-28(2,3)35(39)27(38)31(7)16-15-30(6)17-18-33(9)21(22(30)20-31)19-23(36)26-32(8)13-12-25(37)29(4,5)24(32)11-14-34(26,33)10/h19,22,24-26,37,39H,11-18,20H2,1-10H3/t22-,24?,25-,26?,30+,31-,32-,33+,34+/m0/s1. The van der Waals surface area contributed by atoms with Gasteiger partial charge in [0.1, 0.15) is 0 Å². The smallest absolute Gasteiger partial charge is 0.252 e. The molecule has 0 bridgehead atoms. The van der Waals surface area contributed by atoms with Crippen molar-refractivity contribution in [1.29, 1.82) is 0 Å². The fourth-order valence-corrected chi connectivity index (χ4v) is 10.9. The van der Waals surface area contributed by atoms with E-state index in [-0.39, 0.29) is 56.7 Å². The first-order valence-electron chi connectivity index (χ1n) is 15.7. The second kappa shape index (κ2) is 8.43. The minimum atomic E-state index is -0.655. The van der Waals surface area contributed by atoms with Gasteiger partial charge in [0.05, 0.1) is 11.6 Å². The number of allylic oxidation sites excluding steroid dienone is 2.